The largest absolute Gasteiger partial charge is 0.508 e. The zero-order chi connectivity index (χ0) is 26.1. The minimum absolute atomic E-state index is 0.0309. The number of piperazine rings is 1. The topological polar surface area (TPSA) is 109 Å². The average Bonchev–Trinajstić information content (AvgIpc) is 3.37. The average molecular weight is 523 g/mol. The van der Waals surface area contributed by atoms with Crippen molar-refractivity contribution in [1.29, 1.82) is 0 Å². The molecule has 1 aliphatic carbocycles. The molecule has 0 aromatic heterocycles. The highest BCUT2D eigenvalue weighted by atomic mass is 32.2. The molecule has 0 bridgehead atoms. The second-order valence-corrected chi connectivity index (χ2v) is 10.4. The van der Waals surface area contributed by atoms with E-state index in [1.54, 1.807) is 64.0 Å². The highest BCUT2D eigenvalue weighted by Gasteiger charge is 2.51. The van der Waals surface area contributed by atoms with Crippen LogP contribution in [-0.2, 0) is 16.0 Å². The van der Waals surface area contributed by atoms with Gasteiger partial charge >= 0.3 is 6.03 Å². The van der Waals surface area contributed by atoms with Crippen LogP contribution in [0.15, 0.2) is 65.7 Å². The van der Waals surface area contributed by atoms with Crippen molar-refractivity contribution in [3.8, 4) is 5.75 Å². The van der Waals surface area contributed by atoms with Gasteiger partial charge in [-0.05, 0) is 23.3 Å². The summed E-state index contributed by atoms with van der Waals surface area (Å²) in [5.74, 6) is -0.270. The van der Waals surface area contributed by atoms with Crippen molar-refractivity contribution in [2.75, 3.05) is 33.2 Å². The number of aromatic hydroxyl groups is 1. The van der Waals surface area contributed by atoms with Gasteiger partial charge in [0.05, 0.1) is 29.9 Å². The lowest BCUT2D eigenvalue weighted by atomic mass is 9.95. The zero-order valence-electron chi connectivity index (χ0n) is 20.6. The Bertz CT molecular complexity index is 1180. The smallest absolute Gasteiger partial charge is 0.333 e. The van der Waals surface area contributed by atoms with E-state index in [2.05, 4.69) is 23.0 Å². The second kappa shape index (κ2) is 10.4. The standard InChI is InChI=1S/C26H30N6O4S/c1-3-11-30-15-23(34)31-20(12-17-7-9-19(33)10-8-17)25(35)29(14-22(31)32(30)26(36)27-2)13-18-5-4-6-21-24(18)28-16-37-21/h3-10,16,20-22,24,33H,1,11-15H2,2H3,(H,27,36). The van der Waals surface area contributed by atoms with Gasteiger partial charge < -0.3 is 20.2 Å². The summed E-state index contributed by atoms with van der Waals surface area (Å²) < 4.78 is 0. The van der Waals surface area contributed by atoms with E-state index in [0.717, 1.165) is 11.1 Å². The number of urea groups is 1. The maximum Gasteiger partial charge on any atom is 0.333 e. The zero-order valence-corrected chi connectivity index (χ0v) is 21.4. The van der Waals surface area contributed by atoms with Gasteiger partial charge in [-0.2, -0.15) is 0 Å². The Morgan fingerprint density at radius 2 is 2.08 bits per heavy atom. The predicted molar refractivity (Wildman–Crippen MR) is 142 cm³/mol. The first-order valence-electron chi connectivity index (χ1n) is 12.2. The molecule has 0 spiro atoms. The van der Waals surface area contributed by atoms with Crippen LogP contribution < -0.4 is 5.32 Å². The van der Waals surface area contributed by atoms with Crippen LogP contribution in [0.4, 0.5) is 4.79 Å². The van der Waals surface area contributed by atoms with Crippen molar-refractivity contribution in [3.63, 3.8) is 0 Å². The molecule has 3 aliphatic heterocycles. The number of benzene rings is 1. The lowest BCUT2D eigenvalue weighted by molar-refractivity contribution is -0.188. The molecule has 194 valence electrons. The molecule has 2 saturated heterocycles. The highest BCUT2D eigenvalue weighted by Crippen LogP contribution is 2.34. The number of hydrazine groups is 1. The molecule has 0 radical (unpaired) electrons. The fourth-order valence-electron chi connectivity index (χ4n) is 5.35. The number of fused-ring (bicyclic) bond motifs is 2. The summed E-state index contributed by atoms with van der Waals surface area (Å²) in [4.78, 5) is 48.4. The number of amides is 4. The molecule has 2 fully saturated rings. The first-order valence-corrected chi connectivity index (χ1v) is 13.1. The summed E-state index contributed by atoms with van der Waals surface area (Å²) in [5, 5.41) is 15.8. The molecular formula is C26H30N6O4S. The molecule has 4 aliphatic rings. The minimum Gasteiger partial charge on any atom is -0.508 e. The number of hydrogen-bond acceptors (Lipinski definition) is 7. The van der Waals surface area contributed by atoms with Crippen LogP contribution in [0.25, 0.3) is 0 Å². The van der Waals surface area contributed by atoms with Gasteiger partial charge in [0.15, 0.2) is 0 Å². The Kier molecular flexibility index (Phi) is 7.07. The van der Waals surface area contributed by atoms with Gasteiger partial charge in [0, 0.05) is 26.6 Å². The number of thioether (sulfide) groups is 1. The van der Waals surface area contributed by atoms with Gasteiger partial charge in [-0.15, -0.1) is 18.3 Å². The van der Waals surface area contributed by atoms with E-state index in [-0.39, 0.29) is 54.4 Å². The number of phenols is 1. The lowest BCUT2D eigenvalue weighted by Crippen LogP contribution is -2.76. The summed E-state index contributed by atoms with van der Waals surface area (Å²) in [5.41, 5.74) is 3.68. The van der Waals surface area contributed by atoms with Crippen molar-refractivity contribution in [1.82, 2.24) is 25.1 Å². The van der Waals surface area contributed by atoms with Crippen molar-refractivity contribution >= 4 is 35.2 Å². The number of phenolic OH excluding ortho intramolecular Hbond substituents is 1. The van der Waals surface area contributed by atoms with Crippen LogP contribution in [0.2, 0.25) is 0 Å². The van der Waals surface area contributed by atoms with E-state index >= 15 is 0 Å². The van der Waals surface area contributed by atoms with Crippen LogP contribution >= 0.6 is 11.8 Å². The highest BCUT2D eigenvalue weighted by molar-refractivity contribution is 8.13. The van der Waals surface area contributed by atoms with Crippen LogP contribution in [0.5, 0.6) is 5.75 Å². The van der Waals surface area contributed by atoms with Gasteiger partial charge in [-0.3, -0.25) is 14.6 Å². The summed E-state index contributed by atoms with van der Waals surface area (Å²) in [6.45, 7) is 4.58. The fourth-order valence-corrected chi connectivity index (χ4v) is 6.27. The Morgan fingerprint density at radius 3 is 2.81 bits per heavy atom. The molecule has 0 saturated carbocycles. The molecule has 1 aromatic carbocycles. The molecule has 2 N–H and O–H groups in total. The van der Waals surface area contributed by atoms with Gasteiger partial charge in [0.25, 0.3) is 0 Å². The van der Waals surface area contributed by atoms with E-state index in [1.165, 1.54) is 5.01 Å². The molecule has 1 aromatic rings. The van der Waals surface area contributed by atoms with Gasteiger partial charge in [0.1, 0.15) is 18.0 Å². The number of nitrogens with zero attached hydrogens (tertiary/aromatic N) is 5. The summed E-state index contributed by atoms with van der Waals surface area (Å²) >= 11 is 1.65. The Balaban J connectivity index is 1.51. The van der Waals surface area contributed by atoms with E-state index in [0.29, 0.717) is 13.1 Å². The molecule has 37 heavy (non-hydrogen) atoms. The fraction of sp³-hybridized carbons (Fsp3) is 0.385. The maximum absolute atomic E-state index is 14.0. The number of carbonyl (C=O) groups excluding carboxylic acids is 3. The van der Waals surface area contributed by atoms with Crippen molar-refractivity contribution in [3.05, 3.63) is 66.3 Å². The van der Waals surface area contributed by atoms with E-state index in [1.807, 2.05) is 17.7 Å². The van der Waals surface area contributed by atoms with Crippen molar-refractivity contribution in [2.45, 2.75) is 29.9 Å². The predicted octanol–water partition coefficient (Wildman–Crippen LogP) is 1.37. The number of aliphatic imine (C=N–C) groups is 1. The molecule has 10 nitrogen and oxygen atoms in total. The SMILES string of the molecule is C=CCN1CC(=O)N2C(Cc3ccc(O)cc3)C(=O)N(CC3=CC=CC4SC=NC34)CC2N1C(=O)NC. The third-order valence-corrected chi connectivity index (χ3v) is 8.04. The Hall–Kier alpha value is -3.57. The molecule has 4 atom stereocenters. The van der Waals surface area contributed by atoms with Crippen LogP contribution in [-0.4, -0.2) is 105 Å². The normalized spacial score (nSPS) is 27.2. The summed E-state index contributed by atoms with van der Waals surface area (Å²) in [6.07, 6.45) is 7.34. The first-order chi connectivity index (χ1) is 17.9. The van der Waals surface area contributed by atoms with E-state index in [9.17, 15) is 19.5 Å². The number of nitrogens with one attached hydrogen (secondary N) is 1. The van der Waals surface area contributed by atoms with Crippen molar-refractivity contribution in [2.24, 2.45) is 4.99 Å². The van der Waals surface area contributed by atoms with E-state index < -0.39 is 12.2 Å². The monoisotopic (exact) mass is 522 g/mol. The molecule has 11 heteroatoms. The second-order valence-electron chi connectivity index (χ2n) is 9.35. The Labute approximate surface area is 219 Å². The van der Waals surface area contributed by atoms with Gasteiger partial charge in [-0.1, -0.05) is 36.4 Å². The van der Waals surface area contributed by atoms with Gasteiger partial charge in [-0.25, -0.2) is 14.8 Å². The summed E-state index contributed by atoms with van der Waals surface area (Å²) in [6, 6.07) is 5.42. The number of allylic oxidation sites excluding steroid dienone is 2. The number of rotatable bonds is 6. The Morgan fingerprint density at radius 1 is 1.30 bits per heavy atom. The lowest BCUT2D eigenvalue weighted by Gasteiger charge is -2.55. The number of carbonyl (C=O) groups is 3. The quantitative estimate of drug-likeness (QED) is 0.547. The molecule has 3 heterocycles. The molecule has 4 amide bonds. The van der Waals surface area contributed by atoms with Crippen molar-refractivity contribution < 1.29 is 19.5 Å². The van der Waals surface area contributed by atoms with E-state index in [4.69, 9.17) is 0 Å². The minimum atomic E-state index is -0.800. The molecule has 4 unspecified atom stereocenters. The van der Waals surface area contributed by atoms with Gasteiger partial charge in [0.2, 0.25) is 11.8 Å². The van der Waals surface area contributed by atoms with Crippen LogP contribution in [0.1, 0.15) is 5.56 Å². The molecule has 5 rings (SSSR count). The summed E-state index contributed by atoms with van der Waals surface area (Å²) in [7, 11) is 1.55. The molecular weight excluding hydrogens is 492 g/mol. The van der Waals surface area contributed by atoms with Crippen LogP contribution in [0, 0.1) is 0 Å². The first kappa shape index (κ1) is 25.1. The third-order valence-electron chi connectivity index (χ3n) is 7.07. The number of hydrogen-bond donors (Lipinski definition) is 2. The third kappa shape index (κ3) is 4.76. The maximum atomic E-state index is 14.0. The van der Waals surface area contributed by atoms with Crippen LogP contribution in [0.3, 0.4) is 0 Å².